The summed E-state index contributed by atoms with van der Waals surface area (Å²) in [5, 5.41) is 12.9. The van der Waals surface area contributed by atoms with Crippen molar-refractivity contribution in [1.29, 1.82) is 0 Å². The Hall–Kier alpha value is -1.26. The van der Waals surface area contributed by atoms with E-state index in [2.05, 4.69) is 5.32 Å². The first-order chi connectivity index (χ1) is 8.66. The van der Waals surface area contributed by atoms with Crippen molar-refractivity contribution >= 4 is 17.6 Å². The number of amides is 2. The first kappa shape index (κ1) is 13.2. The zero-order valence-electron chi connectivity index (χ0n) is 10.1. The summed E-state index contributed by atoms with van der Waals surface area (Å²) >= 11 is 6.01. The number of halogens is 1. The molecule has 0 atom stereocenters. The van der Waals surface area contributed by atoms with Crippen LogP contribution < -0.4 is 5.32 Å². The molecule has 1 aromatic carbocycles. The molecule has 1 fully saturated rings. The fraction of sp³-hybridized carbons (Fsp3) is 0.462. The van der Waals surface area contributed by atoms with Crippen LogP contribution in [0.5, 0.6) is 0 Å². The maximum Gasteiger partial charge on any atom is 0.317 e. The molecule has 2 amide bonds. The van der Waals surface area contributed by atoms with Gasteiger partial charge in [0.15, 0.2) is 0 Å². The molecule has 0 aromatic heterocycles. The van der Waals surface area contributed by atoms with E-state index in [0.29, 0.717) is 37.5 Å². The molecule has 18 heavy (non-hydrogen) atoms. The van der Waals surface area contributed by atoms with E-state index in [1.807, 2.05) is 18.2 Å². The predicted octanol–water partition coefficient (Wildman–Crippen LogP) is 2.01. The van der Waals surface area contributed by atoms with E-state index >= 15 is 0 Å². The monoisotopic (exact) mass is 268 g/mol. The van der Waals surface area contributed by atoms with Gasteiger partial charge in [0.05, 0.1) is 6.10 Å². The molecule has 1 heterocycles. The fourth-order valence-electron chi connectivity index (χ4n) is 1.99. The highest BCUT2D eigenvalue weighted by atomic mass is 35.5. The van der Waals surface area contributed by atoms with Gasteiger partial charge in [0.1, 0.15) is 0 Å². The molecule has 2 N–H and O–H groups in total. The number of piperidine rings is 1. The Kier molecular flexibility index (Phi) is 4.44. The molecular formula is C13H17ClN2O2. The van der Waals surface area contributed by atoms with E-state index in [-0.39, 0.29) is 12.1 Å². The summed E-state index contributed by atoms with van der Waals surface area (Å²) in [6, 6.07) is 7.36. The minimum Gasteiger partial charge on any atom is -0.393 e. The molecule has 0 bridgehead atoms. The molecule has 1 aliphatic heterocycles. The second-order valence-electron chi connectivity index (χ2n) is 4.47. The number of benzene rings is 1. The summed E-state index contributed by atoms with van der Waals surface area (Å²) in [5.74, 6) is 0. The predicted molar refractivity (Wildman–Crippen MR) is 70.5 cm³/mol. The van der Waals surface area contributed by atoms with Crippen LogP contribution in [0.3, 0.4) is 0 Å². The smallest absolute Gasteiger partial charge is 0.317 e. The second-order valence-corrected chi connectivity index (χ2v) is 4.88. The Morgan fingerprint density at radius 2 is 2.06 bits per heavy atom. The number of likely N-dealkylation sites (tertiary alicyclic amines) is 1. The third-order valence-corrected chi connectivity index (χ3v) is 3.51. The molecule has 1 aliphatic rings. The van der Waals surface area contributed by atoms with Crippen molar-refractivity contribution in [2.75, 3.05) is 13.1 Å². The van der Waals surface area contributed by atoms with Crippen molar-refractivity contribution < 1.29 is 9.90 Å². The van der Waals surface area contributed by atoms with Gasteiger partial charge in [-0.25, -0.2) is 4.79 Å². The largest absolute Gasteiger partial charge is 0.393 e. The first-order valence-corrected chi connectivity index (χ1v) is 6.49. The third kappa shape index (κ3) is 3.37. The number of aliphatic hydroxyl groups is 1. The van der Waals surface area contributed by atoms with Crippen LogP contribution >= 0.6 is 11.6 Å². The van der Waals surface area contributed by atoms with Gasteiger partial charge in [-0.2, -0.15) is 0 Å². The topological polar surface area (TPSA) is 52.6 Å². The van der Waals surface area contributed by atoms with Gasteiger partial charge in [-0.05, 0) is 24.5 Å². The van der Waals surface area contributed by atoms with E-state index in [0.717, 1.165) is 5.56 Å². The van der Waals surface area contributed by atoms with Crippen LogP contribution in [0.2, 0.25) is 5.02 Å². The molecular weight excluding hydrogens is 252 g/mol. The number of aliphatic hydroxyl groups excluding tert-OH is 1. The highest BCUT2D eigenvalue weighted by molar-refractivity contribution is 6.31. The zero-order chi connectivity index (χ0) is 13.0. The Labute approximate surface area is 112 Å². The number of urea groups is 1. The second kappa shape index (κ2) is 6.07. The van der Waals surface area contributed by atoms with Gasteiger partial charge in [-0.1, -0.05) is 29.8 Å². The minimum absolute atomic E-state index is 0.0955. The lowest BCUT2D eigenvalue weighted by Gasteiger charge is -2.29. The van der Waals surface area contributed by atoms with Crippen molar-refractivity contribution in [3.63, 3.8) is 0 Å². The highest BCUT2D eigenvalue weighted by Gasteiger charge is 2.20. The van der Waals surface area contributed by atoms with Gasteiger partial charge in [0, 0.05) is 24.7 Å². The van der Waals surface area contributed by atoms with Gasteiger partial charge in [0.25, 0.3) is 0 Å². The Bertz CT molecular complexity index is 417. The number of nitrogens with one attached hydrogen (secondary N) is 1. The Morgan fingerprint density at radius 3 is 2.72 bits per heavy atom. The normalized spacial score (nSPS) is 16.7. The van der Waals surface area contributed by atoms with E-state index in [1.165, 1.54) is 0 Å². The Balaban J connectivity index is 1.83. The van der Waals surface area contributed by atoms with Crippen LogP contribution in [0, 0.1) is 0 Å². The summed E-state index contributed by atoms with van der Waals surface area (Å²) < 4.78 is 0. The molecule has 98 valence electrons. The van der Waals surface area contributed by atoms with Crippen LogP contribution in [0.25, 0.3) is 0 Å². The number of carbonyl (C=O) groups is 1. The van der Waals surface area contributed by atoms with Crippen molar-refractivity contribution in [3.8, 4) is 0 Å². The van der Waals surface area contributed by atoms with Gasteiger partial charge in [0.2, 0.25) is 0 Å². The molecule has 2 rings (SSSR count). The number of hydrogen-bond donors (Lipinski definition) is 2. The number of hydrogen-bond acceptors (Lipinski definition) is 2. The minimum atomic E-state index is -0.266. The van der Waals surface area contributed by atoms with Crippen molar-refractivity contribution in [1.82, 2.24) is 10.2 Å². The van der Waals surface area contributed by atoms with Crippen molar-refractivity contribution in [3.05, 3.63) is 34.9 Å². The molecule has 5 heteroatoms. The standard InChI is InChI=1S/C13H17ClN2O2/c14-12-4-2-1-3-10(12)9-15-13(18)16-7-5-11(17)6-8-16/h1-4,11,17H,5-9H2,(H,15,18). The van der Waals surface area contributed by atoms with Crippen molar-refractivity contribution in [2.24, 2.45) is 0 Å². The van der Waals surface area contributed by atoms with E-state index in [1.54, 1.807) is 11.0 Å². The summed E-state index contributed by atoms with van der Waals surface area (Å²) in [6.07, 6.45) is 1.04. The van der Waals surface area contributed by atoms with Crippen LogP contribution in [0.15, 0.2) is 24.3 Å². The lowest BCUT2D eigenvalue weighted by atomic mass is 10.1. The Morgan fingerprint density at radius 1 is 1.39 bits per heavy atom. The number of nitrogens with zero attached hydrogens (tertiary/aromatic N) is 1. The molecule has 0 spiro atoms. The van der Waals surface area contributed by atoms with E-state index in [4.69, 9.17) is 11.6 Å². The van der Waals surface area contributed by atoms with Gasteiger partial charge < -0.3 is 15.3 Å². The molecule has 1 aromatic rings. The van der Waals surface area contributed by atoms with E-state index < -0.39 is 0 Å². The molecule has 0 saturated carbocycles. The molecule has 0 radical (unpaired) electrons. The summed E-state index contributed by atoms with van der Waals surface area (Å²) in [4.78, 5) is 13.6. The van der Waals surface area contributed by atoms with E-state index in [9.17, 15) is 9.90 Å². The number of rotatable bonds is 2. The average molecular weight is 269 g/mol. The van der Waals surface area contributed by atoms with Crippen LogP contribution in [-0.2, 0) is 6.54 Å². The van der Waals surface area contributed by atoms with Crippen LogP contribution in [0.1, 0.15) is 18.4 Å². The highest BCUT2D eigenvalue weighted by Crippen LogP contribution is 2.15. The average Bonchev–Trinajstić information content (AvgIpc) is 2.38. The molecule has 0 aliphatic carbocycles. The fourth-order valence-corrected chi connectivity index (χ4v) is 2.20. The third-order valence-electron chi connectivity index (χ3n) is 3.14. The molecule has 1 saturated heterocycles. The maximum absolute atomic E-state index is 11.9. The summed E-state index contributed by atoms with van der Waals surface area (Å²) in [7, 11) is 0. The lowest BCUT2D eigenvalue weighted by Crippen LogP contribution is -2.45. The maximum atomic E-state index is 11.9. The van der Waals surface area contributed by atoms with Gasteiger partial charge in [-0.15, -0.1) is 0 Å². The van der Waals surface area contributed by atoms with Gasteiger partial charge in [-0.3, -0.25) is 0 Å². The molecule has 4 nitrogen and oxygen atoms in total. The zero-order valence-corrected chi connectivity index (χ0v) is 10.9. The quantitative estimate of drug-likeness (QED) is 0.862. The molecule has 0 unspecified atom stereocenters. The van der Waals surface area contributed by atoms with Gasteiger partial charge >= 0.3 is 6.03 Å². The van der Waals surface area contributed by atoms with Crippen LogP contribution in [0.4, 0.5) is 4.79 Å². The number of carbonyl (C=O) groups excluding carboxylic acids is 1. The lowest BCUT2D eigenvalue weighted by molar-refractivity contribution is 0.0936. The summed E-state index contributed by atoms with van der Waals surface area (Å²) in [6.45, 7) is 1.64. The van der Waals surface area contributed by atoms with Crippen molar-refractivity contribution in [2.45, 2.75) is 25.5 Å². The SMILES string of the molecule is O=C(NCc1ccccc1Cl)N1CCC(O)CC1. The van der Waals surface area contributed by atoms with Crippen LogP contribution in [-0.4, -0.2) is 35.2 Å². The summed E-state index contributed by atoms with van der Waals surface area (Å²) in [5.41, 5.74) is 0.907. The first-order valence-electron chi connectivity index (χ1n) is 6.11.